The number of hydrogen-bond donors (Lipinski definition) is 1. The molecule has 1 heterocycles. The van der Waals surface area contributed by atoms with Crippen molar-refractivity contribution in [2.75, 3.05) is 33.2 Å². The maximum atomic E-state index is 13.6. The Morgan fingerprint density at radius 1 is 1.05 bits per heavy atom. The van der Waals surface area contributed by atoms with E-state index in [4.69, 9.17) is 0 Å². The van der Waals surface area contributed by atoms with Crippen LogP contribution in [0, 0.1) is 24.6 Å². The number of nitrogens with one attached hydrogen (secondary N) is 1. The summed E-state index contributed by atoms with van der Waals surface area (Å²) in [7, 11) is 1.24. The van der Waals surface area contributed by atoms with E-state index in [9.17, 15) is 35.5 Å². The summed E-state index contributed by atoms with van der Waals surface area (Å²) in [4.78, 5) is 16.0. The quantitative estimate of drug-likeness (QED) is 0.335. The van der Waals surface area contributed by atoms with Crippen molar-refractivity contribution < 1.29 is 35.5 Å². The molecule has 1 saturated heterocycles. The first kappa shape index (κ1) is 31.4. The second-order valence-corrected chi connectivity index (χ2v) is 10.3. The van der Waals surface area contributed by atoms with E-state index < -0.39 is 35.1 Å². The fraction of sp³-hybridized carbons (Fsp3) is 0.483. The van der Waals surface area contributed by atoms with Crippen molar-refractivity contribution in [3.05, 3.63) is 76.6 Å². The minimum Gasteiger partial charge on any atom is -0.338 e. The van der Waals surface area contributed by atoms with Crippen molar-refractivity contribution in [1.29, 1.82) is 0 Å². The number of aryl methyl sites for hydroxylation is 1. The van der Waals surface area contributed by atoms with Crippen LogP contribution in [0.2, 0.25) is 0 Å². The van der Waals surface area contributed by atoms with Gasteiger partial charge in [0.05, 0.1) is 11.1 Å². The van der Waals surface area contributed by atoms with Crippen molar-refractivity contribution in [3.8, 4) is 0 Å². The molecule has 4 nitrogen and oxygen atoms in total. The van der Waals surface area contributed by atoms with Crippen molar-refractivity contribution in [1.82, 2.24) is 15.1 Å². The standard InChI is InChI=1S/C29H34F7N3O/c1-5-39-11-9-21(13-20-6-7-26(30)12-18(20)2)22(17-39)8-10-37-27(40)38(4)19(3)23-14-24(28(31,32)33)16-25(15-23)29(34,35)36/h6-7,12,14-16,21-22H,3,5,8-11,13,17H2,1-2,4H3,(H,37,40)/t21-,22+/m0/s1. The molecule has 40 heavy (non-hydrogen) atoms. The van der Waals surface area contributed by atoms with Gasteiger partial charge in [-0.05, 0) is 98.1 Å². The molecule has 2 atom stereocenters. The highest BCUT2D eigenvalue weighted by atomic mass is 19.4. The monoisotopic (exact) mass is 573 g/mol. The molecule has 1 fully saturated rings. The van der Waals surface area contributed by atoms with Crippen LogP contribution in [0.1, 0.15) is 47.6 Å². The smallest absolute Gasteiger partial charge is 0.338 e. The Balaban J connectivity index is 1.67. The van der Waals surface area contributed by atoms with Crippen LogP contribution in [0.15, 0.2) is 43.0 Å². The van der Waals surface area contributed by atoms with Crippen molar-refractivity contribution in [2.24, 2.45) is 11.8 Å². The van der Waals surface area contributed by atoms with Crippen molar-refractivity contribution >= 4 is 11.7 Å². The summed E-state index contributed by atoms with van der Waals surface area (Å²) in [6.45, 7) is 10.4. The SMILES string of the molecule is C=C(c1cc(C(F)(F)F)cc(C(F)(F)F)c1)N(C)C(=O)NCC[C@@H]1CN(CC)CC[C@H]1Cc1ccc(F)cc1C. The summed E-state index contributed by atoms with van der Waals surface area (Å²) in [6.07, 6.45) is -7.68. The minimum atomic E-state index is -5.01. The molecule has 11 heteroatoms. The molecular formula is C29H34F7N3O. The van der Waals surface area contributed by atoms with Gasteiger partial charge in [-0.25, -0.2) is 9.18 Å². The zero-order valence-electron chi connectivity index (χ0n) is 22.7. The fourth-order valence-electron chi connectivity index (χ4n) is 5.13. The highest BCUT2D eigenvalue weighted by Crippen LogP contribution is 2.38. The van der Waals surface area contributed by atoms with Gasteiger partial charge in [0, 0.05) is 25.8 Å². The lowest BCUT2D eigenvalue weighted by atomic mass is 9.79. The number of halogens is 7. The van der Waals surface area contributed by atoms with E-state index >= 15 is 0 Å². The van der Waals surface area contributed by atoms with Gasteiger partial charge in [-0.1, -0.05) is 19.6 Å². The highest BCUT2D eigenvalue weighted by molar-refractivity contribution is 5.84. The molecule has 2 aromatic rings. The molecule has 0 aliphatic carbocycles. The Morgan fingerprint density at radius 3 is 2.23 bits per heavy atom. The average molecular weight is 574 g/mol. The molecule has 220 valence electrons. The third-order valence-electron chi connectivity index (χ3n) is 7.63. The molecule has 0 radical (unpaired) electrons. The zero-order valence-corrected chi connectivity index (χ0v) is 22.7. The van der Waals surface area contributed by atoms with E-state index in [1.165, 1.54) is 19.2 Å². The van der Waals surface area contributed by atoms with Gasteiger partial charge in [-0.2, -0.15) is 26.3 Å². The molecule has 0 aromatic heterocycles. The summed E-state index contributed by atoms with van der Waals surface area (Å²) < 4.78 is 93.1. The average Bonchev–Trinajstić information content (AvgIpc) is 2.88. The van der Waals surface area contributed by atoms with Gasteiger partial charge in [-0.3, -0.25) is 4.90 Å². The van der Waals surface area contributed by atoms with Gasteiger partial charge >= 0.3 is 18.4 Å². The topological polar surface area (TPSA) is 35.6 Å². The zero-order chi connectivity index (χ0) is 29.8. The Morgan fingerprint density at radius 2 is 1.68 bits per heavy atom. The molecule has 0 saturated carbocycles. The molecular weight excluding hydrogens is 539 g/mol. The minimum absolute atomic E-state index is 0.0322. The van der Waals surface area contributed by atoms with Crippen LogP contribution < -0.4 is 5.32 Å². The predicted octanol–water partition coefficient (Wildman–Crippen LogP) is 7.37. The summed E-state index contributed by atoms with van der Waals surface area (Å²) in [6, 6.07) is 5.19. The number of amides is 2. The lowest BCUT2D eigenvalue weighted by Gasteiger charge is -2.39. The number of carbonyl (C=O) groups excluding carboxylic acids is 1. The third-order valence-corrected chi connectivity index (χ3v) is 7.63. The van der Waals surface area contributed by atoms with Gasteiger partial charge in [0.1, 0.15) is 5.82 Å². The molecule has 0 bridgehead atoms. The Hall–Kier alpha value is -3.08. The number of carbonyl (C=O) groups is 1. The molecule has 2 amide bonds. The number of likely N-dealkylation sites (tertiary alicyclic amines) is 1. The Bertz CT molecular complexity index is 1180. The van der Waals surface area contributed by atoms with E-state index in [-0.39, 0.29) is 30.0 Å². The van der Waals surface area contributed by atoms with Crippen molar-refractivity contribution in [2.45, 2.75) is 45.5 Å². The molecule has 0 unspecified atom stereocenters. The van der Waals surface area contributed by atoms with Crippen LogP contribution in [-0.4, -0.2) is 49.1 Å². The summed E-state index contributed by atoms with van der Waals surface area (Å²) in [5, 5.41) is 2.72. The third kappa shape index (κ3) is 7.99. The number of hydrogen-bond acceptors (Lipinski definition) is 2. The van der Waals surface area contributed by atoms with Crippen LogP contribution in [0.4, 0.5) is 35.5 Å². The molecule has 1 N–H and O–H groups in total. The van der Waals surface area contributed by atoms with Crippen LogP contribution in [0.5, 0.6) is 0 Å². The predicted molar refractivity (Wildman–Crippen MR) is 140 cm³/mol. The first-order chi connectivity index (χ1) is 18.6. The maximum Gasteiger partial charge on any atom is 0.416 e. The molecule has 3 rings (SSSR count). The maximum absolute atomic E-state index is 13.6. The summed E-state index contributed by atoms with van der Waals surface area (Å²) >= 11 is 0. The summed E-state index contributed by atoms with van der Waals surface area (Å²) in [5.74, 6) is 0.249. The van der Waals surface area contributed by atoms with Crippen LogP contribution in [0.25, 0.3) is 5.70 Å². The number of urea groups is 1. The highest BCUT2D eigenvalue weighted by Gasteiger charge is 2.37. The van der Waals surface area contributed by atoms with Gasteiger partial charge < -0.3 is 10.2 Å². The van der Waals surface area contributed by atoms with E-state index in [1.807, 2.05) is 6.92 Å². The second-order valence-electron chi connectivity index (χ2n) is 10.3. The number of piperidine rings is 1. The Kier molecular flexibility index (Phi) is 9.92. The summed E-state index contributed by atoms with van der Waals surface area (Å²) in [5.41, 5.74) is -1.76. The number of rotatable bonds is 8. The first-order valence-corrected chi connectivity index (χ1v) is 13.1. The van der Waals surface area contributed by atoms with E-state index in [2.05, 4.69) is 23.7 Å². The van der Waals surface area contributed by atoms with Gasteiger partial charge in [-0.15, -0.1) is 0 Å². The van der Waals surface area contributed by atoms with Gasteiger partial charge in [0.2, 0.25) is 0 Å². The van der Waals surface area contributed by atoms with Gasteiger partial charge in [0.15, 0.2) is 0 Å². The first-order valence-electron chi connectivity index (χ1n) is 13.1. The molecule has 0 spiro atoms. The van der Waals surface area contributed by atoms with E-state index in [1.54, 1.807) is 6.07 Å². The number of benzene rings is 2. The molecule has 1 aliphatic rings. The number of alkyl halides is 6. The molecule has 2 aromatic carbocycles. The second kappa shape index (κ2) is 12.6. The van der Waals surface area contributed by atoms with Gasteiger partial charge in [0.25, 0.3) is 0 Å². The lowest BCUT2D eigenvalue weighted by molar-refractivity contribution is -0.143. The lowest BCUT2D eigenvalue weighted by Crippen LogP contribution is -2.43. The van der Waals surface area contributed by atoms with Crippen molar-refractivity contribution in [3.63, 3.8) is 0 Å². The largest absolute Gasteiger partial charge is 0.416 e. The number of nitrogens with zero attached hydrogens (tertiary/aromatic N) is 2. The fourth-order valence-corrected chi connectivity index (χ4v) is 5.13. The van der Waals surface area contributed by atoms with Crippen LogP contribution >= 0.6 is 0 Å². The van der Waals surface area contributed by atoms with Crippen LogP contribution in [-0.2, 0) is 18.8 Å². The molecule has 1 aliphatic heterocycles. The van der Waals surface area contributed by atoms with Crippen LogP contribution in [0.3, 0.4) is 0 Å². The normalized spacial score (nSPS) is 18.4. The Labute approximate surface area is 229 Å². The van der Waals surface area contributed by atoms with E-state index in [0.717, 1.165) is 48.5 Å². The van der Waals surface area contributed by atoms with E-state index in [0.29, 0.717) is 24.5 Å².